The van der Waals surface area contributed by atoms with Crippen LogP contribution in [0.1, 0.15) is 91.1 Å². The lowest BCUT2D eigenvalue weighted by Gasteiger charge is -2.09. The third-order valence-electron chi connectivity index (χ3n) is 3.85. The largest absolute Gasteiger partial charge is 0.256 e. The van der Waals surface area contributed by atoms with Gasteiger partial charge in [-0.25, -0.2) is 9.13 Å². The van der Waals surface area contributed by atoms with E-state index in [4.69, 9.17) is 0 Å². The summed E-state index contributed by atoms with van der Waals surface area (Å²) in [6, 6.07) is 1.13. The van der Waals surface area contributed by atoms with Gasteiger partial charge in [-0.15, -0.1) is 0 Å². The number of rotatable bonds is 9. The minimum absolute atomic E-state index is 0.565. The molecule has 0 spiro atoms. The lowest BCUT2D eigenvalue weighted by molar-refractivity contribution is -0.722. The van der Waals surface area contributed by atoms with E-state index in [1.165, 1.54) is 50.8 Å². The Morgan fingerprint density at radius 2 is 1.63 bits per heavy atom. The van der Waals surface area contributed by atoms with Crippen molar-refractivity contribution in [3.8, 4) is 0 Å². The zero-order chi connectivity index (χ0) is 14.3. The topological polar surface area (TPSA) is 8.81 Å². The van der Waals surface area contributed by atoms with Crippen LogP contribution in [0.2, 0.25) is 0 Å². The van der Waals surface area contributed by atoms with Crippen molar-refractivity contribution in [2.75, 3.05) is 0 Å². The third-order valence-corrected chi connectivity index (χ3v) is 3.85. The maximum absolute atomic E-state index is 2.44. The van der Waals surface area contributed by atoms with E-state index >= 15 is 0 Å². The summed E-state index contributed by atoms with van der Waals surface area (Å²) in [4.78, 5) is 0. The summed E-state index contributed by atoms with van der Waals surface area (Å²) in [7, 11) is 0. The second kappa shape index (κ2) is 8.39. The Kier molecular flexibility index (Phi) is 7.19. The predicted octanol–water partition coefficient (Wildman–Crippen LogP) is 4.84. The number of aromatic nitrogens is 2. The van der Waals surface area contributed by atoms with Crippen LogP contribution < -0.4 is 4.57 Å². The lowest BCUT2D eigenvalue weighted by atomic mass is 10.1. The van der Waals surface area contributed by atoms with Gasteiger partial charge in [0.15, 0.2) is 0 Å². The van der Waals surface area contributed by atoms with E-state index in [0.717, 1.165) is 0 Å². The van der Waals surface area contributed by atoms with Crippen molar-refractivity contribution in [2.45, 2.75) is 91.6 Å². The molecule has 1 heterocycles. The third kappa shape index (κ3) is 5.00. The summed E-state index contributed by atoms with van der Waals surface area (Å²) >= 11 is 0. The van der Waals surface area contributed by atoms with Crippen molar-refractivity contribution in [1.82, 2.24) is 4.57 Å². The Hall–Kier alpha value is -0.790. The molecule has 0 aliphatic carbocycles. The van der Waals surface area contributed by atoms with Crippen molar-refractivity contribution < 1.29 is 4.57 Å². The number of hydrogen-bond donors (Lipinski definition) is 0. The molecule has 0 N–H and O–H groups in total. The highest BCUT2D eigenvalue weighted by Crippen LogP contribution is 2.13. The quantitative estimate of drug-likeness (QED) is 0.446. The van der Waals surface area contributed by atoms with Gasteiger partial charge < -0.3 is 0 Å². The average molecular weight is 265 g/mol. The molecule has 0 aliphatic rings. The second-order valence-corrected chi connectivity index (χ2v) is 6.23. The summed E-state index contributed by atoms with van der Waals surface area (Å²) in [5, 5.41) is 0. The van der Waals surface area contributed by atoms with E-state index < -0.39 is 0 Å². The van der Waals surface area contributed by atoms with Crippen molar-refractivity contribution in [3.63, 3.8) is 0 Å². The molecule has 0 fully saturated rings. The minimum atomic E-state index is 0.565. The molecule has 0 saturated carbocycles. The Labute approximate surface area is 119 Å². The molecule has 0 aromatic carbocycles. The number of hydrogen-bond acceptors (Lipinski definition) is 0. The molecule has 0 amide bonds. The zero-order valence-corrected chi connectivity index (χ0v) is 13.7. The van der Waals surface area contributed by atoms with Crippen LogP contribution in [-0.2, 0) is 6.42 Å². The summed E-state index contributed by atoms with van der Waals surface area (Å²) in [5.41, 5.74) is 0. The molecule has 110 valence electrons. The van der Waals surface area contributed by atoms with Gasteiger partial charge in [0.05, 0.1) is 12.1 Å². The van der Waals surface area contributed by atoms with Gasteiger partial charge in [-0.2, -0.15) is 0 Å². The van der Waals surface area contributed by atoms with Gasteiger partial charge in [-0.05, 0) is 34.1 Å². The first-order valence-corrected chi connectivity index (χ1v) is 8.18. The monoisotopic (exact) mass is 265 g/mol. The molecule has 2 heteroatoms. The van der Waals surface area contributed by atoms with Gasteiger partial charge in [0.25, 0.3) is 5.82 Å². The van der Waals surface area contributed by atoms with Crippen LogP contribution in [0.3, 0.4) is 0 Å². The molecule has 0 aliphatic heterocycles. The first-order chi connectivity index (χ1) is 9.07. The predicted molar refractivity (Wildman–Crippen MR) is 82.5 cm³/mol. The maximum atomic E-state index is 2.44. The van der Waals surface area contributed by atoms with Crippen LogP contribution in [0, 0.1) is 0 Å². The first-order valence-electron chi connectivity index (χ1n) is 8.18. The minimum Gasteiger partial charge on any atom is -0.232 e. The van der Waals surface area contributed by atoms with E-state index in [9.17, 15) is 0 Å². The Morgan fingerprint density at radius 1 is 1.00 bits per heavy atom. The number of unbranched alkanes of at least 4 members (excludes halogenated alkanes) is 5. The second-order valence-electron chi connectivity index (χ2n) is 6.23. The Balaban J connectivity index is 2.53. The zero-order valence-electron chi connectivity index (χ0n) is 13.7. The fraction of sp³-hybridized carbons (Fsp3) is 0.824. The highest BCUT2D eigenvalue weighted by Gasteiger charge is 2.20. The molecular weight excluding hydrogens is 232 g/mol. The molecule has 0 radical (unpaired) electrons. The van der Waals surface area contributed by atoms with Gasteiger partial charge in [-0.1, -0.05) is 39.0 Å². The average Bonchev–Trinajstić information content (AvgIpc) is 2.77. The van der Waals surface area contributed by atoms with Crippen LogP contribution in [0.25, 0.3) is 0 Å². The molecule has 1 aromatic heterocycles. The highest BCUT2D eigenvalue weighted by atomic mass is 15.2. The van der Waals surface area contributed by atoms with Crippen molar-refractivity contribution in [3.05, 3.63) is 18.2 Å². The first kappa shape index (κ1) is 16.3. The molecule has 19 heavy (non-hydrogen) atoms. The fourth-order valence-corrected chi connectivity index (χ4v) is 2.71. The summed E-state index contributed by atoms with van der Waals surface area (Å²) in [6.07, 6.45) is 14.0. The van der Waals surface area contributed by atoms with E-state index in [0.29, 0.717) is 12.1 Å². The fourth-order valence-electron chi connectivity index (χ4n) is 2.71. The Morgan fingerprint density at radius 3 is 2.21 bits per heavy atom. The summed E-state index contributed by atoms with van der Waals surface area (Å²) < 4.78 is 4.87. The van der Waals surface area contributed by atoms with Crippen LogP contribution in [-0.4, -0.2) is 4.57 Å². The molecule has 1 rings (SSSR count). The van der Waals surface area contributed by atoms with E-state index in [1.807, 2.05) is 0 Å². The van der Waals surface area contributed by atoms with Gasteiger partial charge in [0.1, 0.15) is 12.4 Å². The highest BCUT2D eigenvalue weighted by molar-refractivity contribution is 4.87. The van der Waals surface area contributed by atoms with E-state index in [2.05, 4.69) is 56.1 Å². The van der Waals surface area contributed by atoms with Crippen LogP contribution >= 0.6 is 0 Å². The lowest BCUT2D eigenvalue weighted by Crippen LogP contribution is -2.39. The van der Waals surface area contributed by atoms with Crippen LogP contribution in [0.4, 0.5) is 0 Å². The van der Waals surface area contributed by atoms with Crippen LogP contribution in [0.5, 0.6) is 0 Å². The normalized spacial score (nSPS) is 11.7. The van der Waals surface area contributed by atoms with Gasteiger partial charge in [0.2, 0.25) is 0 Å². The van der Waals surface area contributed by atoms with Gasteiger partial charge in [-0.3, -0.25) is 0 Å². The molecule has 0 atom stereocenters. The number of imidazole rings is 1. The molecule has 2 nitrogen and oxygen atoms in total. The maximum Gasteiger partial charge on any atom is 0.256 e. The van der Waals surface area contributed by atoms with Gasteiger partial charge >= 0.3 is 0 Å². The standard InChI is InChI=1S/C17H33N2/c1-6-7-8-9-10-11-12-17-18(15(2)3)13-14-19(17)16(4)5/h13-16H,6-12H2,1-5H3/q+1. The summed E-state index contributed by atoms with van der Waals surface area (Å²) in [5.74, 6) is 1.50. The van der Waals surface area contributed by atoms with Crippen molar-refractivity contribution in [2.24, 2.45) is 0 Å². The summed E-state index contributed by atoms with van der Waals surface area (Å²) in [6.45, 7) is 11.4. The van der Waals surface area contributed by atoms with Crippen LogP contribution in [0.15, 0.2) is 12.4 Å². The van der Waals surface area contributed by atoms with Gasteiger partial charge in [0, 0.05) is 6.42 Å². The van der Waals surface area contributed by atoms with Crippen molar-refractivity contribution >= 4 is 0 Å². The molecule has 0 unspecified atom stereocenters. The number of nitrogens with zero attached hydrogens (tertiary/aromatic N) is 2. The smallest absolute Gasteiger partial charge is 0.232 e. The molecular formula is C17H33N2+. The van der Waals surface area contributed by atoms with E-state index in [1.54, 1.807) is 0 Å². The molecule has 0 saturated heterocycles. The molecule has 0 bridgehead atoms. The van der Waals surface area contributed by atoms with Crippen molar-refractivity contribution in [1.29, 1.82) is 0 Å². The van der Waals surface area contributed by atoms with E-state index in [-0.39, 0.29) is 0 Å². The molecule has 1 aromatic rings. The Bertz CT molecular complexity index is 325. The SMILES string of the molecule is CCCCCCCCc1n(C(C)C)cc[n+]1C(C)C.